The van der Waals surface area contributed by atoms with Crippen LogP contribution in [0.3, 0.4) is 0 Å². The first-order chi connectivity index (χ1) is 14.4. The van der Waals surface area contributed by atoms with Gasteiger partial charge < -0.3 is 14.5 Å². The predicted octanol–water partition coefficient (Wildman–Crippen LogP) is 3.97. The van der Waals surface area contributed by atoms with Crippen LogP contribution < -0.4 is 5.32 Å². The van der Waals surface area contributed by atoms with Gasteiger partial charge in [-0.3, -0.25) is 9.59 Å². The quantitative estimate of drug-likeness (QED) is 0.564. The predicted molar refractivity (Wildman–Crippen MR) is 104 cm³/mol. The Morgan fingerprint density at radius 3 is 2.67 bits per heavy atom. The van der Waals surface area contributed by atoms with Gasteiger partial charge in [-0.2, -0.15) is 0 Å². The lowest BCUT2D eigenvalue weighted by atomic mass is 10.1. The molecule has 1 atom stereocenters. The minimum atomic E-state index is -0.771. The molecule has 0 saturated heterocycles. The Morgan fingerprint density at radius 2 is 1.93 bits per heavy atom. The Labute approximate surface area is 171 Å². The molecule has 0 radical (unpaired) electrons. The number of hydrogen-bond donors (Lipinski definition) is 1. The van der Waals surface area contributed by atoms with Crippen LogP contribution in [0.4, 0.5) is 8.78 Å². The standard InChI is InChI=1S/C22H20F2N2O4/c1-14(15-5-3-2-4-6-15)26-20(27)13-29-22(28)10-9-21-25-12-19(30-21)17-8-7-16(23)11-18(17)24/h2-8,11-12,14H,9-10,13H2,1H3,(H,26,27). The van der Waals surface area contributed by atoms with Gasteiger partial charge in [-0.25, -0.2) is 13.8 Å². The van der Waals surface area contributed by atoms with E-state index in [0.717, 1.165) is 17.7 Å². The molecule has 0 spiro atoms. The van der Waals surface area contributed by atoms with E-state index in [1.807, 2.05) is 37.3 Å². The van der Waals surface area contributed by atoms with Gasteiger partial charge >= 0.3 is 5.97 Å². The Morgan fingerprint density at radius 1 is 1.17 bits per heavy atom. The smallest absolute Gasteiger partial charge is 0.306 e. The molecule has 0 aliphatic carbocycles. The highest BCUT2D eigenvalue weighted by molar-refractivity contribution is 5.80. The number of benzene rings is 2. The van der Waals surface area contributed by atoms with Crippen LogP contribution in [0.1, 0.15) is 30.8 Å². The number of oxazole rings is 1. The van der Waals surface area contributed by atoms with Gasteiger partial charge in [-0.1, -0.05) is 30.3 Å². The molecule has 1 heterocycles. The molecule has 0 aliphatic heterocycles. The number of ether oxygens (including phenoxy) is 1. The van der Waals surface area contributed by atoms with Gasteiger partial charge in [0.2, 0.25) is 0 Å². The van der Waals surface area contributed by atoms with Gasteiger partial charge in [0, 0.05) is 12.5 Å². The Kier molecular flexibility index (Phi) is 6.90. The van der Waals surface area contributed by atoms with Crippen LogP contribution in [0, 0.1) is 11.6 Å². The van der Waals surface area contributed by atoms with E-state index >= 15 is 0 Å². The highest BCUT2D eigenvalue weighted by Gasteiger charge is 2.15. The third-order valence-electron chi connectivity index (χ3n) is 4.33. The molecular formula is C22H20F2N2O4. The maximum absolute atomic E-state index is 13.8. The maximum atomic E-state index is 13.8. The highest BCUT2D eigenvalue weighted by Crippen LogP contribution is 2.24. The Hall–Kier alpha value is -3.55. The number of aromatic nitrogens is 1. The number of nitrogens with zero attached hydrogens (tertiary/aromatic N) is 1. The lowest BCUT2D eigenvalue weighted by Crippen LogP contribution is -2.31. The zero-order valence-electron chi connectivity index (χ0n) is 16.2. The maximum Gasteiger partial charge on any atom is 0.306 e. The number of esters is 1. The summed E-state index contributed by atoms with van der Waals surface area (Å²) in [4.78, 5) is 27.8. The number of carbonyl (C=O) groups excluding carboxylic acids is 2. The number of nitrogens with one attached hydrogen (secondary N) is 1. The van der Waals surface area contributed by atoms with Crippen molar-refractivity contribution in [3.63, 3.8) is 0 Å². The SMILES string of the molecule is CC(NC(=O)COC(=O)CCc1ncc(-c2ccc(F)cc2F)o1)c1ccccc1. The first-order valence-corrected chi connectivity index (χ1v) is 9.32. The largest absolute Gasteiger partial charge is 0.456 e. The normalized spacial score (nSPS) is 11.7. The molecule has 30 heavy (non-hydrogen) atoms. The first kappa shape index (κ1) is 21.2. The third kappa shape index (κ3) is 5.73. The summed E-state index contributed by atoms with van der Waals surface area (Å²) in [5.41, 5.74) is 1.01. The fourth-order valence-corrected chi connectivity index (χ4v) is 2.78. The van der Waals surface area contributed by atoms with Crippen molar-refractivity contribution in [2.24, 2.45) is 0 Å². The van der Waals surface area contributed by atoms with Crippen LogP contribution in [0.25, 0.3) is 11.3 Å². The van der Waals surface area contributed by atoms with Crippen LogP contribution in [0.5, 0.6) is 0 Å². The summed E-state index contributed by atoms with van der Waals surface area (Å²) in [7, 11) is 0. The van der Waals surface area contributed by atoms with Gasteiger partial charge in [0.25, 0.3) is 5.91 Å². The zero-order chi connectivity index (χ0) is 21.5. The van der Waals surface area contributed by atoms with E-state index in [1.165, 1.54) is 12.3 Å². The van der Waals surface area contributed by atoms with Crippen LogP contribution >= 0.6 is 0 Å². The van der Waals surface area contributed by atoms with Crippen LogP contribution in [-0.2, 0) is 20.7 Å². The molecule has 2 aromatic carbocycles. The minimum Gasteiger partial charge on any atom is -0.456 e. The van der Waals surface area contributed by atoms with Crippen molar-refractivity contribution in [1.29, 1.82) is 0 Å². The van der Waals surface area contributed by atoms with E-state index in [9.17, 15) is 18.4 Å². The van der Waals surface area contributed by atoms with E-state index in [4.69, 9.17) is 9.15 Å². The van der Waals surface area contributed by atoms with E-state index in [1.54, 1.807) is 0 Å². The number of carbonyl (C=O) groups is 2. The van der Waals surface area contributed by atoms with Crippen molar-refractivity contribution in [2.75, 3.05) is 6.61 Å². The molecule has 0 aliphatic rings. The molecular weight excluding hydrogens is 394 g/mol. The van der Waals surface area contributed by atoms with Crippen molar-refractivity contribution < 1.29 is 27.5 Å². The Balaban J connectivity index is 1.44. The summed E-state index contributed by atoms with van der Waals surface area (Å²) in [6, 6.07) is 12.3. The van der Waals surface area contributed by atoms with Gasteiger partial charge in [0.15, 0.2) is 18.3 Å². The second kappa shape index (κ2) is 9.78. The monoisotopic (exact) mass is 414 g/mol. The van der Waals surface area contributed by atoms with Gasteiger partial charge in [0.05, 0.1) is 24.2 Å². The lowest BCUT2D eigenvalue weighted by Gasteiger charge is -2.14. The molecule has 0 fully saturated rings. The molecule has 3 aromatic rings. The number of rotatable bonds is 8. The molecule has 1 N–H and O–H groups in total. The summed E-state index contributed by atoms with van der Waals surface area (Å²) in [5, 5.41) is 2.75. The van der Waals surface area contributed by atoms with Crippen molar-refractivity contribution in [1.82, 2.24) is 10.3 Å². The molecule has 0 saturated carbocycles. The second-order valence-corrected chi connectivity index (χ2v) is 6.60. The van der Waals surface area contributed by atoms with Crippen LogP contribution in [-0.4, -0.2) is 23.5 Å². The second-order valence-electron chi connectivity index (χ2n) is 6.60. The van der Waals surface area contributed by atoms with Gasteiger partial charge in [-0.05, 0) is 24.6 Å². The summed E-state index contributed by atoms with van der Waals surface area (Å²) in [5.74, 6) is -2.14. The molecule has 1 aromatic heterocycles. The van der Waals surface area contributed by atoms with Crippen molar-refractivity contribution >= 4 is 11.9 Å². The van der Waals surface area contributed by atoms with Crippen LogP contribution in [0.15, 0.2) is 59.1 Å². The Bertz CT molecular complexity index is 1020. The summed E-state index contributed by atoms with van der Waals surface area (Å²) >= 11 is 0. The lowest BCUT2D eigenvalue weighted by molar-refractivity contribution is -0.148. The van der Waals surface area contributed by atoms with Crippen molar-refractivity contribution in [3.8, 4) is 11.3 Å². The molecule has 156 valence electrons. The summed E-state index contributed by atoms with van der Waals surface area (Å²) in [6.07, 6.45) is 1.35. The van der Waals surface area contributed by atoms with E-state index in [2.05, 4.69) is 10.3 Å². The van der Waals surface area contributed by atoms with Gasteiger partial charge in [-0.15, -0.1) is 0 Å². The number of amides is 1. The minimum absolute atomic E-state index is 0.0621. The van der Waals surface area contributed by atoms with E-state index < -0.39 is 30.1 Å². The number of halogens is 2. The molecule has 8 heteroatoms. The third-order valence-corrected chi connectivity index (χ3v) is 4.33. The van der Waals surface area contributed by atoms with Crippen LogP contribution in [0.2, 0.25) is 0 Å². The zero-order valence-corrected chi connectivity index (χ0v) is 16.2. The summed E-state index contributed by atoms with van der Waals surface area (Å²) < 4.78 is 37.2. The van der Waals surface area contributed by atoms with Crippen molar-refractivity contribution in [3.05, 3.63) is 77.8 Å². The summed E-state index contributed by atoms with van der Waals surface area (Å²) in [6.45, 7) is 1.44. The van der Waals surface area contributed by atoms with Crippen molar-refractivity contribution in [2.45, 2.75) is 25.8 Å². The van der Waals surface area contributed by atoms with E-state index in [-0.39, 0.29) is 36.1 Å². The van der Waals surface area contributed by atoms with Gasteiger partial charge in [0.1, 0.15) is 11.6 Å². The first-order valence-electron chi connectivity index (χ1n) is 9.32. The topological polar surface area (TPSA) is 81.4 Å². The number of aryl methyl sites for hydroxylation is 1. The fraction of sp³-hybridized carbons (Fsp3) is 0.227. The fourth-order valence-electron chi connectivity index (χ4n) is 2.78. The number of hydrogen-bond acceptors (Lipinski definition) is 5. The van der Waals surface area contributed by atoms with E-state index in [0.29, 0.717) is 0 Å². The molecule has 1 amide bonds. The molecule has 3 rings (SSSR count). The molecule has 0 bridgehead atoms. The molecule has 1 unspecified atom stereocenters. The average molecular weight is 414 g/mol. The average Bonchev–Trinajstić information content (AvgIpc) is 3.20. The highest BCUT2D eigenvalue weighted by atomic mass is 19.1. The molecule has 6 nitrogen and oxygen atoms in total.